The molecule has 0 N–H and O–H groups in total. The van der Waals surface area contributed by atoms with Gasteiger partial charge in [0.25, 0.3) is 5.56 Å². The van der Waals surface area contributed by atoms with Gasteiger partial charge in [0.2, 0.25) is 4.96 Å². The van der Waals surface area contributed by atoms with Crippen LogP contribution in [0, 0.1) is 6.92 Å². The quantitative estimate of drug-likeness (QED) is 0.179. The molecule has 0 aliphatic rings. The summed E-state index contributed by atoms with van der Waals surface area (Å²) < 4.78 is 9.73. The van der Waals surface area contributed by atoms with Gasteiger partial charge in [-0.05, 0) is 55.8 Å². The van der Waals surface area contributed by atoms with Crippen LogP contribution in [-0.2, 0) is 0 Å². The van der Waals surface area contributed by atoms with E-state index in [9.17, 15) is 4.79 Å². The zero-order chi connectivity index (χ0) is 28.2. The molecule has 7 nitrogen and oxygen atoms in total. The average Bonchev–Trinajstić information content (AvgIpc) is 3.69. The molecule has 206 valence electrons. The highest BCUT2D eigenvalue weighted by Gasteiger charge is 2.15. The minimum Gasteiger partial charge on any atom is -0.494 e. The van der Waals surface area contributed by atoms with E-state index in [4.69, 9.17) is 9.84 Å². The summed E-state index contributed by atoms with van der Waals surface area (Å²) in [6, 6.07) is 25.9. The lowest BCUT2D eigenvalue weighted by atomic mass is 10.1. The number of benzene rings is 3. The molecular weight excluding hydrogens is 530 g/mol. The summed E-state index contributed by atoms with van der Waals surface area (Å²) in [5.74, 6) is 1.39. The Morgan fingerprint density at radius 2 is 1.63 bits per heavy atom. The fourth-order valence-corrected chi connectivity index (χ4v) is 5.56. The standard InChI is InChI=1S/C33H31N5O2S/c1-3-4-5-9-20-40-28-18-16-24(17-19-28)30-26(22-37(35-30)27-10-7-6-8-11-27)21-29-32(39)38-33(41-29)34-31(36-38)25-14-12-23(2)13-15-25/h6-8,10-19,21-22H,3-5,9,20H2,1-2H3. The minimum atomic E-state index is -0.193. The van der Waals surface area contributed by atoms with Crippen LogP contribution in [0.15, 0.2) is 89.9 Å². The van der Waals surface area contributed by atoms with Gasteiger partial charge in [-0.3, -0.25) is 4.79 Å². The lowest BCUT2D eigenvalue weighted by molar-refractivity contribution is 0.305. The van der Waals surface area contributed by atoms with Crippen molar-refractivity contribution < 1.29 is 4.74 Å². The predicted molar refractivity (Wildman–Crippen MR) is 165 cm³/mol. The highest BCUT2D eigenvalue weighted by Crippen LogP contribution is 2.27. The summed E-state index contributed by atoms with van der Waals surface area (Å²) in [5, 5.41) is 9.42. The van der Waals surface area contributed by atoms with Crippen molar-refractivity contribution in [3.8, 4) is 34.1 Å². The second-order valence-corrected chi connectivity index (χ2v) is 11.1. The Kier molecular flexibility index (Phi) is 7.73. The molecule has 0 aliphatic carbocycles. The number of unbranched alkanes of at least 4 members (excludes halogenated alkanes) is 3. The molecule has 3 aromatic carbocycles. The van der Waals surface area contributed by atoms with Crippen LogP contribution in [-0.4, -0.2) is 31.0 Å². The number of fused-ring (bicyclic) bond motifs is 1. The first-order valence-corrected chi connectivity index (χ1v) is 14.8. The van der Waals surface area contributed by atoms with Crippen molar-refractivity contribution in [2.45, 2.75) is 39.5 Å². The number of para-hydroxylation sites is 1. The van der Waals surface area contributed by atoms with E-state index in [1.807, 2.05) is 103 Å². The summed E-state index contributed by atoms with van der Waals surface area (Å²) in [6.07, 6.45) is 8.52. The summed E-state index contributed by atoms with van der Waals surface area (Å²) in [4.78, 5) is 18.6. The average molecular weight is 562 g/mol. The molecule has 8 heteroatoms. The van der Waals surface area contributed by atoms with E-state index in [-0.39, 0.29) is 5.56 Å². The molecular formula is C33H31N5O2S. The van der Waals surface area contributed by atoms with E-state index < -0.39 is 0 Å². The molecule has 0 atom stereocenters. The van der Waals surface area contributed by atoms with E-state index in [0.29, 0.717) is 21.9 Å². The van der Waals surface area contributed by atoms with Crippen LogP contribution in [0.25, 0.3) is 39.4 Å². The fourth-order valence-electron chi connectivity index (χ4n) is 4.66. The lowest BCUT2D eigenvalue weighted by Gasteiger charge is -2.07. The number of thiazole rings is 1. The molecule has 0 aliphatic heterocycles. The van der Waals surface area contributed by atoms with Crippen LogP contribution in [0.2, 0.25) is 0 Å². The van der Waals surface area contributed by atoms with Gasteiger partial charge in [0.05, 0.1) is 16.8 Å². The Morgan fingerprint density at radius 3 is 2.37 bits per heavy atom. The number of hydrogen-bond acceptors (Lipinski definition) is 6. The minimum absolute atomic E-state index is 0.193. The second kappa shape index (κ2) is 11.9. The molecule has 6 aromatic rings. The number of hydrogen-bond donors (Lipinski definition) is 0. The number of nitrogens with zero attached hydrogens (tertiary/aromatic N) is 5. The van der Waals surface area contributed by atoms with Crippen LogP contribution >= 0.6 is 11.3 Å². The number of aryl methyl sites for hydroxylation is 1. The van der Waals surface area contributed by atoms with E-state index >= 15 is 0 Å². The molecule has 0 amide bonds. The second-order valence-electron chi connectivity index (χ2n) is 10.1. The largest absolute Gasteiger partial charge is 0.494 e. The van der Waals surface area contributed by atoms with Crippen LogP contribution in [0.5, 0.6) is 5.75 Å². The molecule has 3 aromatic heterocycles. The molecule has 0 saturated heterocycles. The van der Waals surface area contributed by atoms with Crippen molar-refractivity contribution in [1.29, 1.82) is 0 Å². The summed E-state index contributed by atoms with van der Waals surface area (Å²) in [5.41, 5.74) is 5.35. The van der Waals surface area contributed by atoms with Gasteiger partial charge in [0.1, 0.15) is 11.4 Å². The van der Waals surface area contributed by atoms with Crippen LogP contribution in [0.1, 0.15) is 43.7 Å². The van der Waals surface area contributed by atoms with E-state index in [2.05, 4.69) is 17.0 Å². The van der Waals surface area contributed by atoms with Gasteiger partial charge in [-0.1, -0.05) is 85.6 Å². The van der Waals surface area contributed by atoms with Crippen LogP contribution in [0.3, 0.4) is 0 Å². The van der Waals surface area contributed by atoms with E-state index in [0.717, 1.165) is 45.8 Å². The molecule has 0 saturated carbocycles. The van der Waals surface area contributed by atoms with Crippen molar-refractivity contribution in [2.75, 3.05) is 6.61 Å². The number of ether oxygens (including phenoxy) is 1. The normalized spacial score (nSPS) is 11.9. The summed E-state index contributed by atoms with van der Waals surface area (Å²) in [6.45, 7) is 4.96. The Balaban J connectivity index is 1.34. The third-order valence-corrected chi connectivity index (χ3v) is 7.90. The molecule has 0 fully saturated rings. The third kappa shape index (κ3) is 5.83. The first kappa shape index (κ1) is 26.7. The zero-order valence-corrected chi connectivity index (χ0v) is 24.0. The Hall–Kier alpha value is -4.56. The summed E-state index contributed by atoms with van der Waals surface area (Å²) in [7, 11) is 0. The van der Waals surface area contributed by atoms with E-state index in [1.165, 1.54) is 35.1 Å². The maximum Gasteiger partial charge on any atom is 0.291 e. The Bertz CT molecular complexity index is 1870. The smallest absolute Gasteiger partial charge is 0.291 e. The van der Waals surface area contributed by atoms with Gasteiger partial charge < -0.3 is 4.74 Å². The van der Waals surface area contributed by atoms with Gasteiger partial charge >= 0.3 is 0 Å². The number of aromatic nitrogens is 5. The van der Waals surface area contributed by atoms with Crippen LogP contribution in [0.4, 0.5) is 0 Å². The maximum atomic E-state index is 13.4. The molecule has 0 radical (unpaired) electrons. The van der Waals surface area contributed by atoms with Crippen LogP contribution < -0.4 is 14.8 Å². The van der Waals surface area contributed by atoms with Crippen molar-refractivity contribution in [1.82, 2.24) is 24.4 Å². The fraction of sp³-hybridized carbons (Fsp3) is 0.212. The van der Waals surface area contributed by atoms with Crippen molar-refractivity contribution in [3.05, 3.63) is 111 Å². The molecule has 0 unspecified atom stereocenters. The Labute approximate surface area is 242 Å². The van der Waals surface area contributed by atoms with Crippen molar-refractivity contribution in [3.63, 3.8) is 0 Å². The topological polar surface area (TPSA) is 74.3 Å². The predicted octanol–water partition coefficient (Wildman–Crippen LogP) is 6.49. The first-order valence-electron chi connectivity index (χ1n) is 14.0. The van der Waals surface area contributed by atoms with Gasteiger partial charge in [-0.25, -0.2) is 4.68 Å². The lowest BCUT2D eigenvalue weighted by Crippen LogP contribution is -2.23. The molecule has 0 spiro atoms. The third-order valence-electron chi connectivity index (χ3n) is 6.94. The highest BCUT2D eigenvalue weighted by molar-refractivity contribution is 7.15. The monoisotopic (exact) mass is 561 g/mol. The van der Waals surface area contributed by atoms with Gasteiger partial charge in [0, 0.05) is 22.9 Å². The molecule has 41 heavy (non-hydrogen) atoms. The van der Waals surface area contributed by atoms with Gasteiger partial charge in [-0.2, -0.15) is 14.6 Å². The molecule has 3 heterocycles. The zero-order valence-electron chi connectivity index (χ0n) is 23.2. The summed E-state index contributed by atoms with van der Waals surface area (Å²) >= 11 is 1.33. The van der Waals surface area contributed by atoms with E-state index in [1.54, 1.807) is 0 Å². The Morgan fingerprint density at radius 1 is 0.878 bits per heavy atom. The first-order chi connectivity index (χ1) is 20.1. The molecule has 0 bridgehead atoms. The highest BCUT2D eigenvalue weighted by atomic mass is 32.1. The SMILES string of the molecule is CCCCCCOc1ccc(-c2nn(-c3ccccc3)cc2C=c2sc3nc(-c4ccc(C)cc4)nn3c2=O)cc1. The van der Waals surface area contributed by atoms with Crippen molar-refractivity contribution in [2.24, 2.45) is 0 Å². The van der Waals surface area contributed by atoms with Gasteiger partial charge in [0.15, 0.2) is 5.82 Å². The molecule has 6 rings (SSSR count). The maximum absolute atomic E-state index is 13.4. The van der Waals surface area contributed by atoms with Crippen molar-refractivity contribution >= 4 is 22.4 Å². The van der Waals surface area contributed by atoms with Gasteiger partial charge in [-0.15, -0.1) is 5.10 Å². The number of rotatable bonds is 10.